The second-order valence-corrected chi connectivity index (χ2v) is 5.61. The quantitative estimate of drug-likeness (QED) is 0.918. The van der Waals surface area contributed by atoms with Gasteiger partial charge in [0.25, 0.3) is 5.91 Å². The zero-order valence-electron chi connectivity index (χ0n) is 14.2. The summed E-state index contributed by atoms with van der Waals surface area (Å²) in [6, 6.07) is 7.56. The number of hydrogen-bond acceptors (Lipinski definition) is 5. The zero-order valence-corrected chi connectivity index (χ0v) is 14.2. The first-order valence-electron chi connectivity index (χ1n) is 7.38. The Morgan fingerprint density at radius 3 is 2.17 bits per heavy atom. The van der Waals surface area contributed by atoms with Crippen LogP contribution in [0.5, 0.6) is 5.75 Å². The number of aryl methyl sites for hydroxylation is 3. The normalized spacial score (nSPS) is 10.3. The van der Waals surface area contributed by atoms with E-state index < -0.39 is 0 Å². The first-order chi connectivity index (χ1) is 10.9. The Morgan fingerprint density at radius 2 is 1.65 bits per heavy atom. The molecule has 0 fully saturated rings. The van der Waals surface area contributed by atoms with Crippen molar-refractivity contribution in [1.29, 1.82) is 0 Å². The van der Waals surface area contributed by atoms with Crippen LogP contribution < -0.4 is 15.0 Å². The van der Waals surface area contributed by atoms with Gasteiger partial charge in [-0.15, -0.1) is 0 Å². The van der Waals surface area contributed by atoms with Crippen LogP contribution in [0.25, 0.3) is 0 Å². The van der Waals surface area contributed by atoms with Gasteiger partial charge in [-0.3, -0.25) is 4.79 Å². The fourth-order valence-corrected chi connectivity index (χ4v) is 2.04. The number of rotatable bonds is 5. The Hall–Kier alpha value is -2.63. The maximum atomic E-state index is 12.1. The lowest BCUT2D eigenvalue weighted by Crippen LogP contribution is -2.22. The predicted octanol–water partition coefficient (Wildman–Crippen LogP) is 2.49. The minimum absolute atomic E-state index is 0.0582. The molecule has 0 aliphatic carbocycles. The number of nitrogens with one attached hydrogen (secondary N) is 1. The average molecular weight is 314 g/mol. The SMILES string of the molecule is Cc1ccc(OCC(=O)Nc2c(C)nc(N(C)C)nc2C)cc1. The van der Waals surface area contributed by atoms with Crippen LogP contribution in [0.1, 0.15) is 17.0 Å². The van der Waals surface area contributed by atoms with Crippen molar-refractivity contribution in [3.05, 3.63) is 41.2 Å². The molecule has 0 atom stereocenters. The van der Waals surface area contributed by atoms with Gasteiger partial charge in [0.15, 0.2) is 6.61 Å². The number of ether oxygens (including phenoxy) is 1. The number of carbonyl (C=O) groups is 1. The largest absolute Gasteiger partial charge is 0.484 e. The number of carbonyl (C=O) groups excluding carboxylic acids is 1. The van der Waals surface area contributed by atoms with Crippen molar-refractivity contribution in [2.24, 2.45) is 0 Å². The Balaban J connectivity index is 2.01. The summed E-state index contributed by atoms with van der Waals surface area (Å²) in [6.07, 6.45) is 0. The molecular formula is C17H22N4O2. The summed E-state index contributed by atoms with van der Waals surface area (Å²) in [5.74, 6) is 1.05. The summed E-state index contributed by atoms with van der Waals surface area (Å²) in [6.45, 7) is 5.63. The average Bonchev–Trinajstić information content (AvgIpc) is 2.50. The molecule has 23 heavy (non-hydrogen) atoms. The van der Waals surface area contributed by atoms with Gasteiger partial charge < -0.3 is 15.0 Å². The van der Waals surface area contributed by atoms with E-state index in [0.29, 0.717) is 17.4 Å². The van der Waals surface area contributed by atoms with E-state index >= 15 is 0 Å². The van der Waals surface area contributed by atoms with Gasteiger partial charge >= 0.3 is 0 Å². The Morgan fingerprint density at radius 1 is 1.09 bits per heavy atom. The molecule has 0 radical (unpaired) electrons. The summed E-state index contributed by atoms with van der Waals surface area (Å²) < 4.78 is 5.48. The second kappa shape index (κ2) is 7.09. The first kappa shape index (κ1) is 16.7. The summed E-state index contributed by atoms with van der Waals surface area (Å²) in [5, 5.41) is 2.82. The van der Waals surface area contributed by atoms with E-state index in [1.807, 2.05) is 64.0 Å². The predicted molar refractivity (Wildman–Crippen MR) is 91.1 cm³/mol. The fraction of sp³-hybridized carbons (Fsp3) is 0.353. The van der Waals surface area contributed by atoms with E-state index in [2.05, 4.69) is 15.3 Å². The smallest absolute Gasteiger partial charge is 0.262 e. The zero-order chi connectivity index (χ0) is 17.0. The van der Waals surface area contributed by atoms with Crippen LogP contribution in [0.4, 0.5) is 11.6 Å². The third-order valence-corrected chi connectivity index (χ3v) is 3.31. The Bertz CT molecular complexity index is 673. The van der Waals surface area contributed by atoms with Crippen LogP contribution in [-0.2, 0) is 4.79 Å². The number of nitrogens with zero attached hydrogens (tertiary/aromatic N) is 3. The van der Waals surface area contributed by atoms with Gasteiger partial charge in [0, 0.05) is 14.1 Å². The number of hydrogen-bond donors (Lipinski definition) is 1. The van der Waals surface area contributed by atoms with Crippen molar-refractivity contribution in [1.82, 2.24) is 9.97 Å². The van der Waals surface area contributed by atoms with Crippen molar-refractivity contribution in [2.45, 2.75) is 20.8 Å². The molecule has 6 nitrogen and oxygen atoms in total. The molecule has 1 N–H and O–H groups in total. The van der Waals surface area contributed by atoms with Gasteiger partial charge in [-0.1, -0.05) is 17.7 Å². The topological polar surface area (TPSA) is 67.3 Å². The molecule has 6 heteroatoms. The van der Waals surface area contributed by atoms with E-state index in [-0.39, 0.29) is 12.5 Å². The molecule has 0 saturated heterocycles. The third-order valence-electron chi connectivity index (χ3n) is 3.31. The van der Waals surface area contributed by atoms with Crippen LogP contribution in [0.15, 0.2) is 24.3 Å². The summed E-state index contributed by atoms with van der Waals surface area (Å²) in [7, 11) is 3.75. The molecule has 0 aliphatic heterocycles. The van der Waals surface area contributed by atoms with Gasteiger partial charge in [0.2, 0.25) is 5.95 Å². The minimum atomic E-state index is -0.238. The van der Waals surface area contributed by atoms with E-state index in [0.717, 1.165) is 17.0 Å². The number of benzene rings is 1. The molecular weight excluding hydrogens is 292 g/mol. The van der Waals surface area contributed by atoms with Crippen LogP contribution in [0, 0.1) is 20.8 Å². The van der Waals surface area contributed by atoms with Crippen molar-refractivity contribution < 1.29 is 9.53 Å². The lowest BCUT2D eigenvalue weighted by molar-refractivity contribution is -0.118. The highest BCUT2D eigenvalue weighted by Crippen LogP contribution is 2.19. The maximum Gasteiger partial charge on any atom is 0.262 e. The molecule has 0 aliphatic rings. The van der Waals surface area contributed by atoms with Crippen LogP contribution in [0.2, 0.25) is 0 Å². The van der Waals surface area contributed by atoms with E-state index in [4.69, 9.17) is 4.74 Å². The van der Waals surface area contributed by atoms with Crippen LogP contribution in [0.3, 0.4) is 0 Å². The highest BCUT2D eigenvalue weighted by atomic mass is 16.5. The van der Waals surface area contributed by atoms with Gasteiger partial charge in [-0.2, -0.15) is 0 Å². The maximum absolute atomic E-state index is 12.1. The highest BCUT2D eigenvalue weighted by Gasteiger charge is 2.13. The van der Waals surface area contributed by atoms with Crippen LogP contribution >= 0.6 is 0 Å². The monoisotopic (exact) mass is 314 g/mol. The second-order valence-electron chi connectivity index (χ2n) is 5.61. The molecule has 0 bridgehead atoms. The number of anilines is 2. The van der Waals surface area contributed by atoms with Gasteiger partial charge in [-0.25, -0.2) is 9.97 Å². The number of aromatic nitrogens is 2. The molecule has 0 unspecified atom stereocenters. The number of amides is 1. The molecule has 1 aromatic carbocycles. The lowest BCUT2D eigenvalue weighted by Gasteiger charge is -2.15. The van der Waals surface area contributed by atoms with E-state index in [9.17, 15) is 4.79 Å². The molecule has 1 heterocycles. The van der Waals surface area contributed by atoms with Crippen molar-refractivity contribution in [2.75, 3.05) is 30.9 Å². The van der Waals surface area contributed by atoms with Gasteiger partial charge in [0.1, 0.15) is 5.75 Å². The van der Waals surface area contributed by atoms with Gasteiger partial charge in [0.05, 0.1) is 17.1 Å². The molecule has 2 aromatic rings. The molecule has 1 amide bonds. The molecule has 0 saturated carbocycles. The Labute approximate surface area is 136 Å². The minimum Gasteiger partial charge on any atom is -0.484 e. The van der Waals surface area contributed by atoms with Crippen LogP contribution in [-0.4, -0.2) is 36.6 Å². The molecule has 2 rings (SSSR count). The fourth-order valence-electron chi connectivity index (χ4n) is 2.04. The van der Waals surface area contributed by atoms with Crippen molar-refractivity contribution >= 4 is 17.5 Å². The summed E-state index contributed by atoms with van der Waals surface area (Å²) >= 11 is 0. The first-order valence-corrected chi connectivity index (χ1v) is 7.38. The van der Waals surface area contributed by atoms with Crippen molar-refractivity contribution in [3.8, 4) is 5.75 Å². The third kappa shape index (κ3) is 4.42. The highest BCUT2D eigenvalue weighted by molar-refractivity contribution is 5.93. The Kier molecular flexibility index (Phi) is 5.16. The van der Waals surface area contributed by atoms with Gasteiger partial charge in [-0.05, 0) is 32.9 Å². The molecule has 1 aromatic heterocycles. The summed E-state index contributed by atoms with van der Waals surface area (Å²) in [5.41, 5.74) is 3.23. The molecule has 0 spiro atoms. The standard InChI is InChI=1S/C17H22N4O2/c1-11-6-8-14(9-7-11)23-10-15(22)20-16-12(2)18-17(21(4)5)19-13(16)3/h6-9H,10H2,1-5H3,(H,20,22). The summed E-state index contributed by atoms with van der Waals surface area (Å²) in [4.78, 5) is 22.6. The van der Waals surface area contributed by atoms with E-state index in [1.165, 1.54) is 0 Å². The van der Waals surface area contributed by atoms with Crippen molar-refractivity contribution in [3.63, 3.8) is 0 Å². The molecule has 122 valence electrons. The lowest BCUT2D eigenvalue weighted by atomic mass is 10.2. The van der Waals surface area contributed by atoms with E-state index in [1.54, 1.807) is 0 Å².